The summed E-state index contributed by atoms with van der Waals surface area (Å²) >= 11 is 19.1. The van der Waals surface area contributed by atoms with Gasteiger partial charge in [-0.25, -0.2) is 15.8 Å². The summed E-state index contributed by atoms with van der Waals surface area (Å²) in [5, 5.41) is 4.07. The molecule has 1 fully saturated rings. The Hall–Kier alpha value is -1.23. The first kappa shape index (κ1) is 23.4. The second kappa shape index (κ2) is 9.93. The number of hydrogen-bond donors (Lipinski definition) is 3. The van der Waals surface area contributed by atoms with Crippen molar-refractivity contribution in [3.05, 3.63) is 56.7 Å². The second-order valence-electron chi connectivity index (χ2n) is 6.47. The summed E-state index contributed by atoms with van der Waals surface area (Å²) in [6, 6.07) is 5.96. The van der Waals surface area contributed by atoms with Gasteiger partial charge in [-0.05, 0) is 23.8 Å². The number of carbonyl (C=O) groups is 1. The van der Waals surface area contributed by atoms with Crippen LogP contribution in [0.25, 0.3) is 0 Å². The first-order valence-corrected chi connectivity index (χ1v) is 10.9. The lowest BCUT2D eigenvalue weighted by molar-refractivity contribution is -0.137. The average molecular weight is 500 g/mol. The van der Waals surface area contributed by atoms with Gasteiger partial charge < -0.3 is 5.32 Å². The Labute approximate surface area is 190 Å². The van der Waals surface area contributed by atoms with Crippen molar-refractivity contribution in [2.45, 2.75) is 36.3 Å². The van der Waals surface area contributed by atoms with Gasteiger partial charge in [-0.15, -0.1) is 11.8 Å². The maximum absolute atomic E-state index is 12.6. The van der Waals surface area contributed by atoms with Crippen molar-refractivity contribution in [2.24, 2.45) is 0 Å². The number of nitrogens with one attached hydrogen (secondary N) is 3. The van der Waals surface area contributed by atoms with Crippen molar-refractivity contribution in [1.29, 1.82) is 0 Å². The van der Waals surface area contributed by atoms with Gasteiger partial charge in [0.05, 0.1) is 22.8 Å². The number of benzene rings is 1. The number of thioether (sulfide) groups is 1. The smallest absolute Gasteiger partial charge is 0.339 e. The molecule has 1 saturated heterocycles. The normalized spacial score (nSPS) is 19.1. The van der Waals surface area contributed by atoms with Gasteiger partial charge in [-0.1, -0.05) is 40.9 Å². The van der Waals surface area contributed by atoms with Gasteiger partial charge in [0.1, 0.15) is 5.03 Å². The molecule has 1 amide bonds. The van der Waals surface area contributed by atoms with E-state index >= 15 is 0 Å². The van der Waals surface area contributed by atoms with Crippen molar-refractivity contribution in [2.75, 3.05) is 5.75 Å². The molecule has 5 nitrogen and oxygen atoms in total. The highest BCUT2D eigenvalue weighted by atomic mass is 35.5. The molecule has 2 aromatic rings. The molecule has 0 bridgehead atoms. The molecule has 1 aromatic heterocycles. The van der Waals surface area contributed by atoms with E-state index in [1.807, 2.05) is 6.07 Å². The minimum absolute atomic E-state index is 0.0930. The molecule has 12 heteroatoms. The van der Waals surface area contributed by atoms with Gasteiger partial charge in [0.2, 0.25) is 5.91 Å². The topological polar surface area (TPSA) is 66.0 Å². The third-order valence-electron chi connectivity index (χ3n) is 4.28. The van der Waals surface area contributed by atoms with Gasteiger partial charge in [0.15, 0.2) is 0 Å². The molecule has 3 N–H and O–H groups in total. The van der Waals surface area contributed by atoms with Crippen LogP contribution in [-0.4, -0.2) is 22.8 Å². The van der Waals surface area contributed by atoms with E-state index in [1.54, 1.807) is 12.1 Å². The Morgan fingerprint density at radius 1 is 1.20 bits per heavy atom. The number of halogens is 6. The summed E-state index contributed by atoms with van der Waals surface area (Å²) in [6.45, 7) is 0. The fourth-order valence-corrected chi connectivity index (χ4v) is 4.51. The van der Waals surface area contributed by atoms with Crippen LogP contribution < -0.4 is 16.2 Å². The number of hydrogen-bond acceptors (Lipinski definition) is 5. The molecule has 30 heavy (non-hydrogen) atoms. The van der Waals surface area contributed by atoms with Crippen molar-refractivity contribution in [3.8, 4) is 0 Å². The Bertz CT molecular complexity index is 932. The lowest BCUT2D eigenvalue weighted by Gasteiger charge is -2.13. The minimum Gasteiger partial charge on any atom is -0.339 e. The number of nitrogens with zero attached hydrogens (tertiary/aromatic N) is 1. The van der Waals surface area contributed by atoms with Gasteiger partial charge in [-0.2, -0.15) is 13.2 Å². The van der Waals surface area contributed by atoms with E-state index < -0.39 is 11.7 Å². The summed E-state index contributed by atoms with van der Waals surface area (Å²) in [6.07, 6.45) is -3.35. The number of alkyl halides is 3. The van der Waals surface area contributed by atoms with Crippen LogP contribution in [0.2, 0.25) is 15.1 Å². The fraction of sp³-hybridized carbons (Fsp3) is 0.333. The molecular weight excluding hydrogens is 484 g/mol. The number of rotatable bonds is 6. The molecule has 3 rings (SSSR count). The molecule has 1 aromatic carbocycles. The molecular formula is C18H16Cl3F3N4OS. The standard InChI is InChI=1S/C18H16Cl3F3N4OS/c19-10-1-2-11(12(20)6-10)14-7-15(28-27-14)26-16(29)3-4-30-17-13(21)5-9(8-25-17)18(22,23)24/h1-2,5-6,8,14-15,27-28H,3-4,7H2,(H,26,29). The number of hydrazine groups is 1. The third kappa shape index (κ3) is 6.15. The van der Waals surface area contributed by atoms with Crippen LogP contribution in [-0.2, 0) is 11.0 Å². The van der Waals surface area contributed by atoms with Crippen molar-refractivity contribution >= 4 is 52.5 Å². The number of aromatic nitrogens is 1. The summed E-state index contributed by atoms with van der Waals surface area (Å²) in [7, 11) is 0. The van der Waals surface area contributed by atoms with Crippen LogP contribution in [0.1, 0.15) is 30.0 Å². The molecule has 162 valence electrons. The van der Waals surface area contributed by atoms with Crippen LogP contribution >= 0.6 is 46.6 Å². The maximum Gasteiger partial charge on any atom is 0.417 e. The number of amides is 1. The third-order valence-corrected chi connectivity index (χ3v) is 6.25. The highest BCUT2D eigenvalue weighted by Gasteiger charge is 2.31. The first-order valence-electron chi connectivity index (χ1n) is 8.74. The van der Waals surface area contributed by atoms with Gasteiger partial charge in [0, 0.05) is 34.8 Å². The van der Waals surface area contributed by atoms with Gasteiger partial charge >= 0.3 is 6.18 Å². The van der Waals surface area contributed by atoms with E-state index in [1.165, 1.54) is 0 Å². The zero-order valence-electron chi connectivity index (χ0n) is 15.2. The molecule has 0 radical (unpaired) electrons. The summed E-state index contributed by atoms with van der Waals surface area (Å²) < 4.78 is 37.9. The highest BCUT2D eigenvalue weighted by molar-refractivity contribution is 7.99. The molecule has 0 saturated carbocycles. The van der Waals surface area contributed by atoms with Crippen LogP contribution in [0.4, 0.5) is 13.2 Å². The molecule has 1 aliphatic rings. The molecule has 1 aliphatic heterocycles. The molecule has 2 atom stereocenters. The Morgan fingerprint density at radius 3 is 2.63 bits per heavy atom. The fourth-order valence-electron chi connectivity index (χ4n) is 2.83. The summed E-state index contributed by atoms with van der Waals surface area (Å²) in [5.74, 6) is 0.101. The van der Waals surface area contributed by atoms with E-state index in [4.69, 9.17) is 34.8 Å². The monoisotopic (exact) mass is 498 g/mol. The largest absolute Gasteiger partial charge is 0.417 e. The molecule has 0 spiro atoms. The minimum atomic E-state index is -4.50. The predicted octanol–water partition coefficient (Wildman–Crippen LogP) is 5.22. The van der Waals surface area contributed by atoms with E-state index in [-0.39, 0.29) is 34.6 Å². The zero-order valence-corrected chi connectivity index (χ0v) is 18.3. The van der Waals surface area contributed by atoms with Crippen LogP contribution in [0.5, 0.6) is 0 Å². The zero-order chi connectivity index (χ0) is 21.9. The Kier molecular flexibility index (Phi) is 7.76. The second-order valence-corrected chi connectivity index (χ2v) is 8.80. The summed E-state index contributed by atoms with van der Waals surface area (Å²) in [5.41, 5.74) is 6.03. The highest BCUT2D eigenvalue weighted by Crippen LogP contribution is 2.34. The summed E-state index contributed by atoms with van der Waals surface area (Å²) in [4.78, 5) is 15.9. The van der Waals surface area contributed by atoms with Gasteiger partial charge in [-0.3, -0.25) is 4.79 Å². The van der Waals surface area contributed by atoms with Crippen molar-refractivity contribution in [1.82, 2.24) is 21.2 Å². The van der Waals surface area contributed by atoms with E-state index in [0.717, 1.165) is 29.6 Å². The lowest BCUT2D eigenvalue weighted by atomic mass is 10.0. The number of pyridine rings is 1. The average Bonchev–Trinajstić information content (AvgIpc) is 3.10. The predicted molar refractivity (Wildman–Crippen MR) is 112 cm³/mol. The Morgan fingerprint density at radius 2 is 1.97 bits per heavy atom. The molecule has 2 heterocycles. The Balaban J connectivity index is 1.45. The van der Waals surface area contributed by atoms with Crippen LogP contribution in [0, 0.1) is 0 Å². The van der Waals surface area contributed by atoms with E-state index in [2.05, 4.69) is 21.2 Å². The van der Waals surface area contributed by atoms with Crippen molar-refractivity contribution in [3.63, 3.8) is 0 Å². The molecule has 2 unspecified atom stereocenters. The quantitative estimate of drug-likeness (QED) is 0.475. The van der Waals surface area contributed by atoms with Crippen LogP contribution in [0.3, 0.4) is 0 Å². The SMILES string of the molecule is O=C(CCSc1ncc(C(F)(F)F)cc1Cl)NC1CC(c2ccc(Cl)cc2Cl)NN1. The van der Waals surface area contributed by atoms with E-state index in [9.17, 15) is 18.0 Å². The first-order chi connectivity index (χ1) is 14.1. The van der Waals surface area contributed by atoms with E-state index in [0.29, 0.717) is 22.2 Å². The maximum atomic E-state index is 12.6. The molecule has 0 aliphatic carbocycles. The number of carbonyl (C=O) groups excluding carboxylic acids is 1. The lowest BCUT2D eigenvalue weighted by Crippen LogP contribution is -2.44. The van der Waals surface area contributed by atoms with Crippen LogP contribution in [0.15, 0.2) is 35.5 Å². The van der Waals surface area contributed by atoms with Crippen molar-refractivity contribution < 1.29 is 18.0 Å². The van der Waals surface area contributed by atoms with Gasteiger partial charge in [0.25, 0.3) is 0 Å².